The number of aromatic nitrogens is 3. The van der Waals surface area contributed by atoms with E-state index in [0.29, 0.717) is 11.3 Å². The summed E-state index contributed by atoms with van der Waals surface area (Å²) in [5.74, 6) is -0.629. The number of hydrogen-bond acceptors (Lipinski definition) is 4. The standard InChI is InChI=1S/C19H15F3N4O/c1-26-12-13(11-23-26)7-9-16(27)15-8-10-17(19(20,21)22)25-18(15)24-14-5-3-2-4-6-14/h2-12H,1H3,(H,24,25). The van der Waals surface area contributed by atoms with Crippen LogP contribution in [0.4, 0.5) is 24.7 Å². The molecule has 27 heavy (non-hydrogen) atoms. The van der Waals surface area contributed by atoms with E-state index in [1.807, 2.05) is 0 Å². The maximum Gasteiger partial charge on any atom is 0.433 e. The van der Waals surface area contributed by atoms with Gasteiger partial charge in [-0.2, -0.15) is 18.3 Å². The molecule has 3 aromatic rings. The Labute approximate surface area is 153 Å². The van der Waals surface area contributed by atoms with Crippen molar-refractivity contribution in [3.63, 3.8) is 0 Å². The first-order valence-electron chi connectivity index (χ1n) is 7.94. The van der Waals surface area contributed by atoms with Gasteiger partial charge in [-0.05, 0) is 36.4 Å². The number of benzene rings is 1. The third kappa shape index (κ3) is 4.60. The van der Waals surface area contributed by atoms with Gasteiger partial charge in [-0.15, -0.1) is 0 Å². The molecule has 0 radical (unpaired) electrons. The highest BCUT2D eigenvalue weighted by molar-refractivity contribution is 6.10. The zero-order valence-electron chi connectivity index (χ0n) is 14.2. The van der Waals surface area contributed by atoms with E-state index < -0.39 is 17.7 Å². The lowest BCUT2D eigenvalue weighted by molar-refractivity contribution is -0.141. The molecule has 1 N–H and O–H groups in total. The minimum Gasteiger partial charge on any atom is -0.340 e. The molecule has 0 aliphatic heterocycles. The predicted molar refractivity (Wildman–Crippen MR) is 95.5 cm³/mol. The van der Waals surface area contributed by atoms with Crippen LogP contribution in [-0.2, 0) is 13.2 Å². The van der Waals surface area contributed by atoms with Crippen LogP contribution < -0.4 is 5.32 Å². The van der Waals surface area contributed by atoms with E-state index in [-0.39, 0.29) is 11.4 Å². The molecular weight excluding hydrogens is 357 g/mol. The molecule has 0 aliphatic rings. The topological polar surface area (TPSA) is 59.8 Å². The SMILES string of the molecule is Cn1cc(C=CC(=O)c2ccc(C(F)(F)F)nc2Nc2ccccc2)cn1. The summed E-state index contributed by atoms with van der Waals surface area (Å²) < 4.78 is 40.6. The molecule has 0 fully saturated rings. The first-order valence-corrected chi connectivity index (χ1v) is 7.94. The lowest BCUT2D eigenvalue weighted by Gasteiger charge is -2.13. The third-order valence-electron chi connectivity index (χ3n) is 3.64. The first-order chi connectivity index (χ1) is 12.8. The monoisotopic (exact) mass is 372 g/mol. The van der Waals surface area contributed by atoms with Crippen LogP contribution in [0.25, 0.3) is 6.08 Å². The van der Waals surface area contributed by atoms with Gasteiger partial charge < -0.3 is 5.32 Å². The summed E-state index contributed by atoms with van der Waals surface area (Å²) in [4.78, 5) is 16.1. The minimum absolute atomic E-state index is 0.0343. The van der Waals surface area contributed by atoms with Crippen LogP contribution in [0.15, 0.2) is 60.9 Å². The summed E-state index contributed by atoms with van der Waals surface area (Å²) >= 11 is 0. The summed E-state index contributed by atoms with van der Waals surface area (Å²) in [7, 11) is 1.74. The zero-order valence-corrected chi connectivity index (χ0v) is 14.2. The van der Waals surface area contributed by atoms with Gasteiger partial charge in [-0.1, -0.05) is 18.2 Å². The van der Waals surface area contributed by atoms with E-state index in [4.69, 9.17) is 0 Å². The van der Waals surface area contributed by atoms with Crippen molar-refractivity contribution in [1.29, 1.82) is 0 Å². The van der Waals surface area contributed by atoms with Gasteiger partial charge in [0.05, 0.1) is 11.8 Å². The number of carbonyl (C=O) groups is 1. The van der Waals surface area contributed by atoms with Gasteiger partial charge in [0.15, 0.2) is 5.78 Å². The molecule has 3 rings (SSSR count). The molecule has 2 heterocycles. The number of hydrogen-bond donors (Lipinski definition) is 1. The Kier molecular flexibility index (Phi) is 5.07. The molecule has 0 saturated carbocycles. The van der Waals surface area contributed by atoms with Crippen LogP contribution in [-0.4, -0.2) is 20.5 Å². The van der Waals surface area contributed by atoms with Crippen LogP contribution in [0.1, 0.15) is 21.6 Å². The van der Waals surface area contributed by atoms with Gasteiger partial charge in [0, 0.05) is 24.5 Å². The van der Waals surface area contributed by atoms with Crippen molar-refractivity contribution >= 4 is 23.4 Å². The number of alkyl halides is 3. The number of nitrogens with zero attached hydrogens (tertiary/aromatic N) is 3. The van der Waals surface area contributed by atoms with E-state index in [1.165, 1.54) is 6.08 Å². The van der Waals surface area contributed by atoms with Gasteiger partial charge >= 0.3 is 6.18 Å². The Morgan fingerprint density at radius 1 is 1.15 bits per heavy atom. The molecule has 0 atom stereocenters. The number of aryl methyl sites for hydroxylation is 1. The molecule has 0 bridgehead atoms. The molecule has 1 aromatic carbocycles. The lowest BCUT2D eigenvalue weighted by atomic mass is 10.1. The first kappa shape index (κ1) is 18.4. The Hall–Kier alpha value is -3.42. The molecule has 2 aromatic heterocycles. The second kappa shape index (κ2) is 7.45. The van der Waals surface area contributed by atoms with E-state index >= 15 is 0 Å². The minimum atomic E-state index is -4.61. The Morgan fingerprint density at radius 3 is 2.52 bits per heavy atom. The number of rotatable bonds is 5. The molecule has 0 spiro atoms. The largest absolute Gasteiger partial charge is 0.433 e. The summed E-state index contributed by atoms with van der Waals surface area (Å²) in [6.45, 7) is 0. The number of pyridine rings is 1. The molecule has 138 valence electrons. The van der Waals surface area contributed by atoms with Crippen LogP contribution >= 0.6 is 0 Å². The number of halogens is 3. The van der Waals surface area contributed by atoms with Crippen LogP contribution in [0.5, 0.6) is 0 Å². The fourth-order valence-corrected chi connectivity index (χ4v) is 2.36. The van der Waals surface area contributed by atoms with Gasteiger partial charge in [0.2, 0.25) is 0 Å². The van der Waals surface area contributed by atoms with Crippen molar-refractivity contribution in [2.45, 2.75) is 6.18 Å². The highest BCUT2D eigenvalue weighted by atomic mass is 19.4. The molecular formula is C19H15F3N4O. The fraction of sp³-hybridized carbons (Fsp3) is 0.105. The number of carbonyl (C=O) groups excluding carboxylic acids is 1. The highest BCUT2D eigenvalue weighted by Gasteiger charge is 2.33. The summed E-state index contributed by atoms with van der Waals surface area (Å²) in [6.07, 6.45) is 1.48. The van der Waals surface area contributed by atoms with Crippen LogP contribution in [0.2, 0.25) is 0 Å². The predicted octanol–water partition coefficient (Wildman–Crippen LogP) is 4.47. The summed E-state index contributed by atoms with van der Waals surface area (Å²) in [6, 6.07) is 10.5. The average Bonchev–Trinajstić information content (AvgIpc) is 3.05. The second-order valence-electron chi connectivity index (χ2n) is 5.73. The number of para-hydroxylation sites is 1. The third-order valence-corrected chi connectivity index (χ3v) is 3.64. The molecule has 0 unspecified atom stereocenters. The van der Waals surface area contributed by atoms with Crippen molar-refractivity contribution in [2.24, 2.45) is 7.05 Å². The van der Waals surface area contributed by atoms with E-state index in [1.54, 1.807) is 60.5 Å². The van der Waals surface area contributed by atoms with Gasteiger partial charge in [0.25, 0.3) is 0 Å². The Bertz CT molecular complexity index is 978. The maximum absolute atomic E-state index is 13.0. The van der Waals surface area contributed by atoms with E-state index in [9.17, 15) is 18.0 Å². The average molecular weight is 372 g/mol. The number of nitrogens with one attached hydrogen (secondary N) is 1. The molecule has 0 amide bonds. The quantitative estimate of drug-likeness (QED) is 0.530. The summed E-state index contributed by atoms with van der Waals surface area (Å²) in [5, 5.41) is 6.77. The molecule has 0 saturated heterocycles. The van der Waals surface area contributed by atoms with Crippen molar-refractivity contribution in [2.75, 3.05) is 5.32 Å². The number of allylic oxidation sites excluding steroid dienone is 1. The van der Waals surface area contributed by atoms with Gasteiger partial charge in [-0.3, -0.25) is 9.48 Å². The van der Waals surface area contributed by atoms with Crippen molar-refractivity contribution < 1.29 is 18.0 Å². The second-order valence-corrected chi connectivity index (χ2v) is 5.73. The van der Waals surface area contributed by atoms with Crippen LogP contribution in [0, 0.1) is 0 Å². The van der Waals surface area contributed by atoms with E-state index in [0.717, 1.165) is 12.1 Å². The highest BCUT2D eigenvalue weighted by Crippen LogP contribution is 2.30. The Morgan fingerprint density at radius 2 is 1.89 bits per heavy atom. The van der Waals surface area contributed by atoms with Gasteiger partial charge in [-0.25, -0.2) is 4.98 Å². The number of anilines is 2. The van der Waals surface area contributed by atoms with Gasteiger partial charge in [0.1, 0.15) is 11.5 Å². The van der Waals surface area contributed by atoms with Crippen molar-refractivity contribution in [1.82, 2.24) is 14.8 Å². The van der Waals surface area contributed by atoms with Crippen molar-refractivity contribution in [3.05, 3.63) is 77.8 Å². The smallest absolute Gasteiger partial charge is 0.340 e. The Balaban J connectivity index is 1.95. The van der Waals surface area contributed by atoms with Crippen LogP contribution in [0.3, 0.4) is 0 Å². The zero-order chi connectivity index (χ0) is 19.4. The summed E-state index contributed by atoms with van der Waals surface area (Å²) in [5.41, 5.74) is 0.179. The fourth-order valence-electron chi connectivity index (χ4n) is 2.36. The number of ketones is 1. The normalized spacial score (nSPS) is 11.7. The van der Waals surface area contributed by atoms with Crippen molar-refractivity contribution in [3.8, 4) is 0 Å². The molecule has 8 heteroatoms. The lowest BCUT2D eigenvalue weighted by Crippen LogP contribution is -2.12. The molecule has 5 nitrogen and oxygen atoms in total. The molecule has 0 aliphatic carbocycles. The maximum atomic E-state index is 13.0. The van der Waals surface area contributed by atoms with E-state index in [2.05, 4.69) is 15.4 Å².